The summed E-state index contributed by atoms with van der Waals surface area (Å²) in [4.78, 5) is 14.1. The number of nitrogens with zero attached hydrogens (tertiary/aromatic N) is 1. The average Bonchev–Trinajstić information content (AvgIpc) is 2.33. The number of likely N-dealkylation sites (tertiary alicyclic amines) is 1. The summed E-state index contributed by atoms with van der Waals surface area (Å²) in [5.41, 5.74) is 0. The lowest BCUT2D eigenvalue weighted by atomic mass is 9.67. The molecule has 2 saturated carbocycles. The third kappa shape index (κ3) is 2.22. The van der Waals surface area contributed by atoms with E-state index in [2.05, 4.69) is 0 Å². The largest absolute Gasteiger partial charge is 0.389 e. The maximum absolute atomic E-state index is 12.2. The van der Waals surface area contributed by atoms with Crippen LogP contribution in [0.15, 0.2) is 0 Å². The van der Waals surface area contributed by atoms with E-state index in [-0.39, 0.29) is 12.0 Å². The van der Waals surface area contributed by atoms with Gasteiger partial charge in [-0.3, -0.25) is 4.79 Å². The quantitative estimate of drug-likeness (QED) is 0.755. The van der Waals surface area contributed by atoms with Crippen LogP contribution in [0.3, 0.4) is 0 Å². The molecule has 3 aliphatic rings. The van der Waals surface area contributed by atoms with Crippen molar-refractivity contribution >= 4 is 5.91 Å². The van der Waals surface area contributed by atoms with Crippen LogP contribution in [-0.2, 0) is 4.79 Å². The molecule has 0 spiro atoms. The van der Waals surface area contributed by atoms with Crippen molar-refractivity contribution in [2.75, 3.05) is 13.1 Å². The summed E-state index contributed by atoms with van der Waals surface area (Å²) in [7, 11) is 0. The van der Waals surface area contributed by atoms with Gasteiger partial charge in [0, 0.05) is 19.0 Å². The van der Waals surface area contributed by atoms with Crippen LogP contribution < -0.4 is 0 Å². The van der Waals surface area contributed by atoms with Gasteiger partial charge in [-0.15, -0.1) is 0 Å². The minimum Gasteiger partial charge on any atom is -0.389 e. The first kappa shape index (κ1) is 11.5. The van der Waals surface area contributed by atoms with E-state index in [1.165, 1.54) is 32.1 Å². The molecule has 1 heterocycles. The smallest absolute Gasteiger partial charge is 0.225 e. The summed E-state index contributed by atoms with van der Waals surface area (Å²) in [6.45, 7) is 1.15. The number of amides is 1. The molecule has 0 aromatic rings. The molecule has 0 radical (unpaired) electrons. The Hall–Kier alpha value is -0.570. The predicted molar refractivity (Wildman–Crippen MR) is 65.4 cm³/mol. The van der Waals surface area contributed by atoms with E-state index in [9.17, 15) is 9.90 Å². The lowest BCUT2D eigenvalue weighted by Gasteiger charge is -2.43. The summed E-state index contributed by atoms with van der Waals surface area (Å²) in [6, 6.07) is 0. The van der Waals surface area contributed by atoms with Crippen molar-refractivity contribution in [3.05, 3.63) is 0 Å². The van der Waals surface area contributed by atoms with Gasteiger partial charge in [0.25, 0.3) is 0 Å². The molecule has 1 saturated heterocycles. The van der Waals surface area contributed by atoms with Crippen molar-refractivity contribution in [2.24, 2.45) is 17.8 Å². The van der Waals surface area contributed by atoms with Crippen molar-refractivity contribution in [1.29, 1.82) is 0 Å². The molecule has 3 rings (SSSR count). The highest BCUT2D eigenvalue weighted by atomic mass is 16.3. The fourth-order valence-corrected chi connectivity index (χ4v) is 3.99. The molecule has 1 amide bonds. The van der Waals surface area contributed by atoms with Crippen LogP contribution in [0.2, 0.25) is 0 Å². The molecule has 3 unspecified atom stereocenters. The number of hydrogen-bond donors (Lipinski definition) is 1. The number of aliphatic hydroxyl groups excluding tert-OH is 1. The fraction of sp³-hybridized carbons (Fsp3) is 0.929. The van der Waals surface area contributed by atoms with Gasteiger partial charge in [0.2, 0.25) is 5.91 Å². The molecule has 1 N–H and O–H groups in total. The summed E-state index contributed by atoms with van der Waals surface area (Å²) in [6.07, 6.45) is 8.72. The molecule has 17 heavy (non-hydrogen) atoms. The van der Waals surface area contributed by atoms with Crippen LogP contribution in [0, 0.1) is 17.8 Å². The van der Waals surface area contributed by atoms with Gasteiger partial charge in [-0.1, -0.05) is 25.7 Å². The SMILES string of the molecule is O=C(C1CCC2CCCCC2C1)N1CC(O)C1. The van der Waals surface area contributed by atoms with Gasteiger partial charge in [-0.05, 0) is 31.1 Å². The molecule has 1 aliphatic heterocycles. The Bertz CT molecular complexity index is 299. The molecule has 3 fully saturated rings. The van der Waals surface area contributed by atoms with Crippen molar-refractivity contribution < 1.29 is 9.90 Å². The van der Waals surface area contributed by atoms with Gasteiger partial charge >= 0.3 is 0 Å². The molecule has 2 aliphatic carbocycles. The van der Waals surface area contributed by atoms with E-state index < -0.39 is 0 Å². The first-order valence-corrected chi connectivity index (χ1v) is 7.21. The zero-order valence-corrected chi connectivity index (χ0v) is 10.5. The summed E-state index contributed by atoms with van der Waals surface area (Å²) < 4.78 is 0. The van der Waals surface area contributed by atoms with E-state index in [0.717, 1.165) is 24.7 Å². The minimum absolute atomic E-state index is 0.259. The molecule has 0 aromatic heterocycles. The molecule has 3 atom stereocenters. The summed E-state index contributed by atoms with van der Waals surface area (Å²) in [5.74, 6) is 2.31. The van der Waals surface area contributed by atoms with Crippen molar-refractivity contribution in [1.82, 2.24) is 4.90 Å². The van der Waals surface area contributed by atoms with Crippen LogP contribution in [0.25, 0.3) is 0 Å². The number of aliphatic hydroxyl groups is 1. The Morgan fingerprint density at radius 3 is 2.41 bits per heavy atom. The second kappa shape index (κ2) is 4.60. The summed E-state index contributed by atoms with van der Waals surface area (Å²) in [5, 5.41) is 9.26. The highest BCUT2D eigenvalue weighted by Gasteiger charge is 2.39. The van der Waals surface area contributed by atoms with Crippen LogP contribution in [0.1, 0.15) is 44.9 Å². The van der Waals surface area contributed by atoms with Gasteiger partial charge < -0.3 is 10.0 Å². The monoisotopic (exact) mass is 237 g/mol. The highest BCUT2D eigenvalue weighted by Crippen LogP contribution is 2.43. The molecule has 0 aromatic carbocycles. The topological polar surface area (TPSA) is 40.5 Å². The number of carbonyl (C=O) groups is 1. The molecule has 3 heteroatoms. The maximum Gasteiger partial charge on any atom is 0.225 e. The molecule has 0 bridgehead atoms. The minimum atomic E-state index is -0.259. The first-order chi connectivity index (χ1) is 8.24. The Kier molecular flexibility index (Phi) is 3.12. The average molecular weight is 237 g/mol. The first-order valence-electron chi connectivity index (χ1n) is 7.21. The fourth-order valence-electron chi connectivity index (χ4n) is 3.99. The normalized spacial score (nSPS) is 38.4. The van der Waals surface area contributed by atoms with E-state index in [1.807, 2.05) is 4.90 Å². The van der Waals surface area contributed by atoms with E-state index in [0.29, 0.717) is 19.0 Å². The van der Waals surface area contributed by atoms with Crippen molar-refractivity contribution in [3.63, 3.8) is 0 Å². The zero-order chi connectivity index (χ0) is 11.8. The second-order valence-electron chi connectivity index (χ2n) is 6.21. The number of hydrogen-bond acceptors (Lipinski definition) is 2. The third-order valence-electron chi connectivity index (χ3n) is 5.06. The van der Waals surface area contributed by atoms with Crippen molar-refractivity contribution in [3.8, 4) is 0 Å². The standard InChI is InChI=1S/C14H23NO2/c16-13-8-15(9-13)14(17)12-6-5-10-3-1-2-4-11(10)7-12/h10-13,16H,1-9H2. The van der Waals surface area contributed by atoms with E-state index >= 15 is 0 Å². The Labute approximate surface area is 103 Å². The van der Waals surface area contributed by atoms with Gasteiger partial charge in [-0.2, -0.15) is 0 Å². The van der Waals surface area contributed by atoms with Crippen LogP contribution >= 0.6 is 0 Å². The highest BCUT2D eigenvalue weighted by molar-refractivity contribution is 5.79. The number of fused-ring (bicyclic) bond motifs is 1. The molecule has 96 valence electrons. The summed E-state index contributed by atoms with van der Waals surface area (Å²) >= 11 is 0. The number of rotatable bonds is 1. The predicted octanol–water partition coefficient (Wildman–Crippen LogP) is 1.80. The lowest BCUT2D eigenvalue weighted by Crippen LogP contribution is -2.55. The molecule has 3 nitrogen and oxygen atoms in total. The van der Waals surface area contributed by atoms with Gasteiger partial charge in [0.15, 0.2) is 0 Å². The van der Waals surface area contributed by atoms with Crippen LogP contribution in [0.4, 0.5) is 0 Å². The zero-order valence-electron chi connectivity index (χ0n) is 10.5. The lowest BCUT2D eigenvalue weighted by molar-refractivity contribution is -0.148. The van der Waals surface area contributed by atoms with Crippen LogP contribution in [0.5, 0.6) is 0 Å². The molecular weight excluding hydrogens is 214 g/mol. The van der Waals surface area contributed by atoms with Crippen LogP contribution in [-0.4, -0.2) is 35.1 Å². The number of carbonyl (C=O) groups excluding carboxylic acids is 1. The second-order valence-corrected chi connectivity index (χ2v) is 6.21. The van der Waals surface area contributed by atoms with E-state index in [1.54, 1.807) is 0 Å². The number of β-amino-alcohol motifs (C(OH)–C–C–N with tert-alkyl or cyclic N) is 1. The Morgan fingerprint density at radius 1 is 1.00 bits per heavy atom. The molecular formula is C14H23NO2. The van der Waals surface area contributed by atoms with Gasteiger partial charge in [-0.25, -0.2) is 0 Å². The maximum atomic E-state index is 12.2. The van der Waals surface area contributed by atoms with Crippen molar-refractivity contribution in [2.45, 2.75) is 51.0 Å². The van der Waals surface area contributed by atoms with Gasteiger partial charge in [0.1, 0.15) is 0 Å². The Morgan fingerprint density at radius 2 is 1.71 bits per heavy atom. The van der Waals surface area contributed by atoms with Gasteiger partial charge in [0.05, 0.1) is 6.10 Å². The third-order valence-corrected chi connectivity index (χ3v) is 5.06. The Balaban J connectivity index is 1.56. The van der Waals surface area contributed by atoms with E-state index in [4.69, 9.17) is 0 Å².